The minimum atomic E-state index is -1.40. The second kappa shape index (κ2) is 11.7. The van der Waals surface area contributed by atoms with Gasteiger partial charge in [-0.1, -0.05) is 60.7 Å². The molecule has 172 valence electrons. The van der Waals surface area contributed by atoms with E-state index >= 15 is 0 Å². The lowest BCUT2D eigenvalue weighted by atomic mass is 9.96. The molecule has 1 heterocycles. The van der Waals surface area contributed by atoms with Gasteiger partial charge in [-0.05, 0) is 11.1 Å². The second-order valence-electron chi connectivity index (χ2n) is 7.63. The van der Waals surface area contributed by atoms with Gasteiger partial charge in [-0.25, -0.2) is 0 Å². The quantitative estimate of drug-likeness (QED) is 0.571. The first-order chi connectivity index (χ1) is 15.4. The predicted octanol–water partition coefficient (Wildman–Crippen LogP) is 1.94. The first-order valence-corrected chi connectivity index (χ1v) is 10.5. The SMILES string of the molecule is CC(=O)N[C@H]1C(O)O[C@H](COCc2ccccc2)[C@H](OCc2ccccc2)[C@@H]1OC(C)=O. The van der Waals surface area contributed by atoms with Crippen LogP contribution in [0.3, 0.4) is 0 Å². The molecule has 0 bridgehead atoms. The summed E-state index contributed by atoms with van der Waals surface area (Å²) in [5.41, 5.74) is 1.90. The fourth-order valence-electron chi connectivity index (χ4n) is 3.61. The molecule has 32 heavy (non-hydrogen) atoms. The highest BCUT2D eigenvalue weighted by Gasteiger charge is 2.48. The minimum absolute atomic E-state index is 0.0932. The van der Waals surface area contributed by atoms with Gasteiger partial charge in [-0.15, -0.1) is 0 Å². The zero-order valence-electron chi connectivity index (χ0n) is 18.2. The molecule has 1 amide bonds. The number of aliphatic hydroxyl groups excluding tert-OH is 1. The van der Waals surface area contributed by atoms with Crippen LogP contribution in [0.2, 0.25) is 0 Å². The number of carbonyl (C=O) groups excluding carboxylic acids is 2. The van der Waals surface area contributed by atoms with Gasteiger partial charge < -0.3 is 29.4 Å². The lowest BCUT2D eigenvalue weighted by molar-refractivity contribution is -0.272. The number of carbonyl (C=O) groups is 2. The van der Waals surface area contributed by atoms with Crippen LogP contribution >= 0.6 is 0 Å². The summed E-state index contributed by atoms with van der Waals surface area (Å²) in [6.45, 7) is 3.24. The van der Waals surface area contributed by atoms with Crippen molar-refractivity contribution in [2.45, 2.75) is 57.7 Å². The number of rotatable bonds is 9. The molecule has 0 saturated carbocycles. The number of hydrogen-bond donors (Lipinski definition) is 2. The summed E-state index contributed by atoms with van der Waals surface area (Å²) in [4.78, 5) is 23.5. The van der Waals surface area contributed by atoms with Crippen LogP contribution in [-0.4, -0.2) is 54.2 Å². The first-order valence-electron chi connectivity index (χ1n) is 10.5. The molecule has 5 atom stereocenters. The van der Waals surface area contributed by atoms with E-state index in [2.05, 4.69) is 5.32 Å². The Labute approximate surface area is 187 Å². The first kappa shape index (κ1) is 23.9. The largest absolute Gasteiger partial charge is 0.457 e. The summed E-state index contributed by atoms with van der Waals surface area (Å²) in [7, 11) is 0. The van der Waals surface area contributed by atoms with Gasteiger partial charge >= 0.3 is 5.97 Å². The van der Waals surface area contributed by atoms with Gasteiger partial charge in [0.1, 0.15) is 18.2 Å². The van der Waals surface area contributed by atoms with Gasteiger partial charge in [0.15, 0.2) is 12.4 Å². The summed E-state index contributed by atoms with van der Waals surface area (Å²) in [6, 6.07) is 18.2. The van der Waals surface area contributed by atoms with Gasteiger partial charge in [0.05, 0.1) is 19.8 Å². The maximum absolute atomic E-state index is 11.8. The van der Waals surface area contributed by atoms with Crippen molar-refractivity contribution in [1.82, 2.24) is 5.32 Å². The molecule has 8 nitrogen and oxygen atoms in total. The van der Waals surface area contributed by atoms with Crippen LogP contribution in [0.15, 0.2) is 60.7 Å². The van der Waals surface area contributed by atoms with Crippen molar-refractivity contribution in [2.24, 2.45) is 0 Å². The van der Waals surface area contributed by atoms with E-state index in [9.17, 15) is 14.7 Å². The van der Waals surface area contributed by atoms with Gasteiger partial charge in [-0.2, -0.15) is 0 Å². The molecule has 1 saturated heterocycles. The third-order valence-corrected chi connectivity index (χ3v) is 5.02. The Bertz CT molecular complexity index is 861. The molecule has 0 radical (unpaired) electrons. The lowest BCUT2D eigenvalue weighted by Crippen LogP contribution is -2.65. The Morgan fingerprint density at radius 3 is 2.09 bits per heavy atom. The number of esters is 1. The van der Waals surface area contributed by atoms with Gasteiger partial charge in [0.2, 0.25) is 5.91 Å². The number of benzene rings is 2. The van der Waals surface area contributed by atoms with Crippen molar-refractivity contribution in [2.75, 3.05) is 6.61 Å². The van der Waals surface area contributed by atoms with E-state index in [0.717, 1.165) is 11.1 Å². The van der Waals surface area contributed by atoms with Gasteiger partial charge in [0.25, 0.3) is 0 Å². The molecular weight excluding hydrogens is 414 g/mol. The molecule has 3 rings (SSSR count). The lowest BCUT2D eigenvalue weighted by Gasteiger charge is -2.44. The summed E-state index contributed by atoms with van der Waals surface area (Å²) in [5, 5.41) is 13.2. The Hall–Kier alpha value is -2.78. The summed E-state index contributed by atoms with van der Waals surface area (Å²) < 4.78 is 23.2. The molecule has 0 aliphatic carbocycles. The van der Waals surface area contributed by atoms with Crippen molar-refractivity contribution < 1.29 is 33.6 Å². The number of aliphatic hydroxyl groups is 1. The monoisotopic (exact) mass is 443 g/mol. The Morgan fingerprint density at radius 1 is 0.938 bits per heavy atom. The zero-order valence-corrected chi connectivity index (χ0v) is 18.2. The third-order valence-electron chi connectivity index (χ3n) is 5.02. The fourth-order valence-corrected chi connectivity index (χ4v) is 3.61. The zero-order chi connectivity index (χ0) is 22.9. The van der Waals surface area contributed by atoms with E-state index in [4.69, 9.17) is 18.9 Å². The fraction of sp³-hybridized carbons (Fsp3) is 0.417. The predicted molar refractivity (Wildman–Crippen MR) is 115 cm³/mol. The molecule has 0 spiro atoms. The van der Waals surface area contributed by atoms with E-state index in [-0.39, 0.29) is 13.2 Å². The van der Waals surface area contributed by atoms with Crippen LogP contribution in [0.25, 0.3) is 0 Å². The molecule has 1 aliphatic heterocycles. The Kier molecular flexibility index (Phi) is 8.75. The highest BCUT2D eigenvalue weighted by atomic mass is 16.7. The molecule has 2 N–H and O–H groups in total. The maximum Gasteiger partial charge on any atom is 0.303 e. The normalized spacial score (nSPS) is 25.2. The van der Waals surface area contributed by atoms with Crippen LogP contribution in [-0.2, 0) is 41.8 Å². The molecule has 1 aliphatic rings. The average molecular weight is 443 g/mol. The molecule has 1 fully saturated rings. The molecular formula is C24H29NO7. The van der Waals surface area contributed by atoms with E-state index in [1.165, 1.54) is 13.8 Å². The van der Waals surface area contributed by atoms with Gasteiger partial charge in [0, 0.05) is 13.8 Å². The molecule has 0 aromatic heterocycles. The Morgan fingerprint density at radius 2 is 1.53 bits per heavy atom. The topological polar surface area (TPSA) is 103 Å². The van der Waals surface area contributed by atoms with Crippen molar-refractivity contribution >= 4 is 11.9 Å². The van der Waals surface area contributed by atoms with E-state index in [0.29, 0.717) is 6.61 Å². The molecule has 1 unspecified atom stereocenters. The van der Waals surface area contributed by atoms with Crippen LogP contribution in [0.5, 0.6) is 0 Å². The van der Waals surface area contributed by atoms with Crippen molar-refractivity contribution in [3.05, 3.63) is 71.8 Å². The minimum Gasteiger partial charge on any atom is -0.457 e. The maximum atomic E-state index is 11.8. The van der Waals surface area contributed by atoms with E-state index in [1.807, 2.05) is 60.7 Å². The summed E-state index contributed by atoms with van der Waals surface area (Å²) in [6.07, 6.45) is -3.87. The smallest absolute Gasteiger partial charge is 0.303 e. The van der Waals surface area contributed by atoms with E-state index < -0.39 is 42.5 Å². The van der Waals surface area contributed by atoms with E-state index in [1.54, 1.807) is 0 Å². The Balaban J connectivity index is 1.77. The highest BCUT2D eigenvalue weighted by molar-refractivity contribution is 5.73. The number of amides is 1. The van der Waals surface area contributed by atoms with Gasteiger partial charge in [-0.3, -0.25) is 9.59 Å². The van der Waals surface area contributed by atoms with Crippen molar-refractivity contribution in [3.63, 3.8) is 0 Å². The number of nitrogens with one attached hydrogen (secondary N) is 1. The van der Waals surface area contributed by atoms with Crippen molar-refractivity contribution in [3.8, 4) is 0 Å². The summed E-state index contributed by atoms with van der Waals surface area (Å²) >= 11 is 0. The van der Waals surface area contributed by atoms with Crippen molar-refractivity contribution in [1.29, 1.82) is 0 Å². The molecule has 2 aromatic rings. The average Bonchev–Trinajstić information content (AvgIpc) is 2.77. The second-order valence-corrected chi connectivity index (χ2v) is 7.63. The summed E-state index contributed by atoms with van der Waals surface area (Å²) in [5.74, 6) is -0.952. The highest BCUT2D eigenvalue weighted by Crippen LogP contribution is 2.27. The number of hydrogen-bond acceptors (Lipinski definition) is 7. The van der Waals surface area contributed by atoms with Crippen LogP contribution in [0, 0.1) is 0 Å². The van der Waals surface area contributed by atoms with Crippen LogP contribution < -0.4 is 5.32 Å². The standard InChI is InChI=1S/C24H29NO7/c1-16(26)25-21-23(31-17(2)27)22(30-14-19-11-7-4-8-12-19)20(32-24(21)28)15-29-13-18-9-5-3-6-10-18/h3-12,20-24,28H,13-15H2,1-2H3,(H,25,26)/t20-,21-,22+,23-,24?/m1/s1. The third kappa shape index (κ3) is 6.86. The molecule has 2 aromatic carbocycles. The number of ether oxygens (including phenoxy) is 4. The van der Waals surface area contributed by atoms with Crippen LogP contribution in [0.4, 0.5) is 0 Å². The van der Waals surface area contributed by atoms with Crippen LogP contribution in [0.1, 0.15) is 25.0 Å². The molecule has 8 heteroatoms.